The lowest BCUT2D eigenvalue weighted by Gasteiger charge is -2.16. The van der Waals surface area contributed by atoms with Gasteiger partial charge < -0.3 is 10.2 Å². The van der Waals surface area contributed by atoms with Crippen LogP contribution in [-0.2, 0) is 14.8 Å². The van der Waals surface area contributed by atoms with Crippen molar-refractivity contribution < 1.29 is 13.2 Å². The number of hydrogen-bond acceptors (Lipinski definition) is 5. The van der Waals surface area contributed by atoms with Crippen molar-refractivity contribution in [2.75, 3.05) is 23.8 Å². The smallest absolute Gasteiger partial charge is 0.228 e. The predicted molar refractivity (Wildman–Crippen MR) is 67.6 cm³/mol. The van der Waals surface area contributed by atoms with Crippen molar-refractivity contribution in [3.8, 4) is 0 Å². The first-order valence-electron chi connectivity index (χ1n) is 5.37. The molecule has 2 heterocycles. The molecule has 0 bridgehead atoms. The van der Waals surface area contributed by atoms with Crippen LogP contribution in [0.15, 0.2) is 18.3 Å². The summed E-state index contributed by atoms with van der Waals surface area (Å²) in [6.07, 6.45) is 1.45. The second-order valence-electron chi connectivity index (χ2n) is 4.07. The number of hydrogen-bond donors (Lipinski definition) is 2. The van der Waals surface area contributed by atoms with E-state index in [0.717, 1.165) is 0 Å². The van der Waals surface area contributed by atoms with Gasteiger partial charge in [0.1, 0.15) is 11.1 Å². The number of nitrogens with two attached hydrogens (primary N) is 1. The van der Waals surface area contributed by atoms with Crippen molar-refractivity contribution in [3.05, 3.63) is 18.3 Å². The highest BCUT2D eigenvalue weighted by molar-refractivity contribution is 7.89. The molecule has 1 aromatic rings. The fourth-order valence-electron chi connectivity index (χ4n) is 1.84. The zero-order valence-corrected chi connectivity index (χ0v) is 10.6. The zero-order chi connectivity index (χ0) is 13.3. The molecule has 0 spiro atoms. The van der Waals surface area contributed by atoms with Crippen LogP contribution in [0, 0.1) is 0 Å². The van der Waals surface area contributed by atoms with E-state index in [1.54, 1.807) is 19.2 Å². The predicted octanol–water partition coefficient (Wildman–Crippen LogP) is -0.483. The number of aromatic nitrogens is 1. The van der Waals surface area contributed by atoms with E-state index >= 15 is 0 Å². The van der Waals surface area contributed by atoms with Crippen molar-refractivity contribution in [2.24, 2.45) is 5.14 Å². The highest BCUT2D eigenvalue weighted by Gasteiger charge is 2.37. The van der Waals surface area contributed by atoms with Crippen LogP contribution in [0.2, 0.25) is 0 Å². The maximum atomic E-state index is 11.7. The van der Waals surface area contributed by atoms with Crippen LogP contribution in [0.3, 0.4) is 0 Å². The highest BCUT2D eigenvalue weighted by atomic mass is 32.2. The van der Waals surface area contributed by atoms with Crippen LogP contribution in [-0.4, -0.2) is 38.2 Å². The summed E-state index contributed by atoms with van der Waals surface area (Å²) in [7, 11) is -1.95. The van der Waals surface area contributed by atoms with Crippen LogP contribution in [0.1, 0.15) is 6.42 Å². The number of rotatable bonds is 3. The van der Waals surface area contributed by atoms with Gasteiger partial charge in [0.05, 0.1) is 11.9 Å². The molecule has 2 rings (SSSR count). The largest absolute Gasteiger partial charge is 0.373 e. The Labute approximate surface area is 105 Å². The number of amides is 1. The summed E-state index contributed by atoms with van der Waals surface area (Å²) >= 11 is 0. The van der Waals surface area contributed by atoms with E-state index in [4.69, 9.17) is 5.14 Å². The van der Waals surface area contributed by atoms with Crippen molar-refractivity contribution in [1.29, 1.82) is 0 Å². The Bertz CT molecular complexity index is 555. The maximum absolute atomic E-state index is 11.7. The Morgan fingerprint density at radius 2 is 2.22 bits per heavy atom. The van der Waals surface area contributed by atoms with Crippen LogP contribution in [0.25, 0.3) is 0 Å². The lowest BCUT2D eigenvalue weighted by atomic mass is 10.3. The van der Waals surface area contributed by atoms with Gasteiger partial charge >= 0.3 is 0 Å². The molecule has 1 saturated heterocycles. The van der Waals surface area contributed by atoms with Gasteiger partial charge in [0.25, 0.3) is 0 Å². The average molecular weight is 270 g/mol. The minimum absolute atomic E-state index is 0.0768. The van der Waals surface area contributed by atoms with Crippen molar-refractivity contribution in [2.45, 2.75) is 11.7 Å². The fourth-order valence-corrected chi connectivity index (χ4v) is 2.57. The molecule has 1 aliphatic heterocycles. The number of pyridine rings is 1. The molecular formula is C10H14N4O3S. The van der Waals surface area contributed by atoms with Gasteiger partial charge in [-0.1, -0.05) is 0 Å². The molecule has 0 saturated carbocycles. The van der Waals surface area contributed by atoms with Gasteiger partial charge in [-0.2, -0.15) is 0 Å². The third-order valence-corrected chi connectivity index (χ3v) is 4.11. The number of sulfonamides is 1. The Balaban J connectivity index is 2.21. The van der Waals surface area contributed by atoms with Crippen LogP contribution in [0.5, 0.6) is 0 Å². The van der Waals surface area contributed by atoms with Gasteiger partial charge in [-0.3, -0.25) is 4.79 Å². The summed E-state index contributed by atoms with van der Waals surface area (Å²) in [6.45, 7) is 0.0816. The third kappa shape index (κ3) is 2.44. The second-order valence-corrected chi connectivity index (χ2v) is 5.92. The summed E-state index contributed by atoms with van der Waals surface area (Å²) in [4.78, 5) is 17.2. The molecule has 0 radical (unpaired) electrons. The summed E-state index contributed by atoms with van der Waals surface area (Å²) in [5, 5.41) is 7.08. The number of nitrogens with one attached hydrogen (secondary N) is 1. The number of carbonyl (C=O) groups is 1. The van der Waals surface area contributed by atoms with E-state index in [2.05, 4.69) is 10.3 Å². The van der Waals surface area contributed by atoms with Crippen LogP contribution < -0.4 is 15.4 Å². The van der Waals surface area contributed by atoms with Gasteiger partial charge in [0.15, 0.2) is 0 Å². The average Bonchev–Trinajstić information content (AvgIpc) is 2.71. The molecule has 0 aromatic carbocycles. The van der Waals surface area contributed by atoms with E-state index in [9.17, 15) is 13.2 Å². The Kier molecular flexibility index (Phi) is 3.22. The number of carbonyl (C=O) groups excluding carboxylic acids is 1. The van der Waals surface area contributed by atoms with E-state index in [1.807, 2.05) is 0 Å². The normalized spacial score (nSPS) is 20.2. The van der Waals surface area contributed by atoms with Crippen LogP contribution >= 0.6 is 0 Å². The van der Waals surface area contributed by atoms with E-state index in [-0.39, 0.29) is 18.9 Å². The topological polar surface area (TPSA) is 105 Å². The molecule has 1 atom stereocenters. The van der Waals surface area contributed by atoms with Crippen molar-refractivity contribution in [3.63, 3.8) is 0 Å². The molecule has 1 fully saturated rings. The summed E-state index contributed by atoms with van der Waals surface area (Å²) in [5.74, 6) is 0.418. The maximum Gasteiger partial charge on any atom is 0.228 e. The second kappa shape index (κ2) is 4.54. The first-order valence-corrected chi connectivity index (χ1v) is 6.98. The van der Waals surface area contributed by atoms with Crippen LogP contribution in [0.4, 0.5) is 11.5 Å². The molecule has 1 unspecified atom stereocenters. The fraction of sp³-hybridized carbons (Fsp3) is 0.400. The van der Waals surface area contributed by atoms with Gasteiger partial charge in [0, 0.05) is 20.0 Å². The van der Waals surface area contributed by atoms with E-state index in [1.165, 1.54) is 11.1 Å². The van der Waals surface area contributed by atoms with Crippen molar-refractivity contribution in [1.82, 2.24) is 4.98 Å². The van der Waals surface area contributed by atoms with E-state index in [0.29, 0.717) is 11.5 Å². The Hall–Kier alpha value is -1.67. The standard InChI is InChI=1S/C10H14N4O3S/c1-12-9-3-2-7(5-13-9)14-6-8(4-10(14)15)18(11,16)17/h2-3,5,8H,4,6H2,1H3,(H,12,13)(H2,11,16,17). The van der Waals surface area contributed by atoms with E-state index < -0.39 is 15.3 Å². The molecule has 3 N–H and O–H groups in total. The molecule has 1 aliphatic rings. The zero-order valence-electron chi connectivity index (χ0n) is 9.83. The number of nitrogens with zero attached hydrogens (tertiary/aromatic N) is 2. The first kappa shape index (κ1) is 12.8. The minimum Gasteiger partial charge on any atom is -0.373 e. The first-order chi connectivity index (χ1) is 8.41. The number of primary sulfonamides is 1. The quantitative estimate of drug-likeness (QED) is 0.771. The van der Waals surface area contributed by atoms with Gasteiger partial charge in [-0.25, -0.2) is 18.5 Å². The molecule has 1 aromatic heterocycles. The molecule has 18 heavy (non-hydrogen) atoms. The lowest BCUT2D eigenvalue weighted by Crippen LogP contribution is -2.32. The lowest BCUT2D eigenvalue weighted by molar-refractivity contribution is -0.117. The SMILES string of the molecule is CNc1ccc(N2CC(S(N)(=O)=O)CC2=O)cn1. The highest BCUT2D eigenvalue weighted by Crippen LogP contribution is 2.24. The third-order valence-electron chi connectivity index (χ3n) is 2.87. The molecule has 0 aliphatic carbocycles. The minimum atomic E-state index is -3.68. The monoisotopic (exact) mass is 270 g/mol. The molecule has 8 heteroatoms. The summed E-state index contributed by atoms with van der Waals surface area (Å²) in [6, 6.07) is 3.43. The molecular weight excluding hydrogens is 256 g/mol. The van der Waals surface area contributed by atoms with Crippen molar-refractivity contribution >= 4 is 27.4 Å². The summed E-state index contributed by atoms with van der Waals surface area (Å²) in [5.41, 5.74) is 0.574. The van der Waals surface area contributed by atoms with Gasteiger partial charge in [-0.15, -0.1) is 0 Å². The number of anilines is 2. The van der Waals surface area contributed by atoms with Gasteiger partial charge in [0.2, 0.25) is 15.9 Å². The Morgan fingerprint density at radius 1 is 1.50 bits per heavy atom. The van der Waals surface area contributed by atoms with Gasteiger partial charge in [-0.05, 0) is 12.1 Å². The molecule has 98 valence electrons. The molecule has 7 nitrogen and oxygen atoms in total. The Morgan fingerprint density at radius 3 is 2.67 bits per heavy atom. The summed E-state index contributed by atoms with van der Waals surface area (Å²) < 4.78 is 22.5. The molecule has 1 amide bonds.